The van der Waals surface area contributed by atoms with Crippen LogP contribution in [0.25, 0.3) is 11.1 Å². The van der Waals surface area contributed by atoms with Gasteiger partial charge in [-0.15, -0.1) is 0 Å². The van der Waals surface area contributed by atoms with Crippen molar-refractivity contribution in [3.05, 3.63) is 54.6 Å². The van der Waals surface area contributed by atoms with Gasteiger partial charge in [0.1, 0.15) is 0 Å². The summed E-state index contributed by atoms with van der Waals surface area (Å²) < 4.78 is 0. The van der Waals surface area contributed by atoms with Crippen LogP contribution < -0.4 is 10.6 Å². The molecular formula is C18H22N2O2. The third-order valence-electron chi connectivity index (χ3n) is 4.17. The van der Waals surface area contributed by atoms with Crippen LogP contribution in [0.1, 0.15) is 6.42 Å². The number of rotatable bonds is 5. The highest BCUT2D eigenvalue weighted by Crippen LogP contribution is 2.21. The van der Waals surface area contributed by atoms with E-state index in [1.165, 1.54) is 11.1 Å². The van der Waals surface area contributed by atoms with Gasteiger partial charge in [-0.2, -0.15) is 0 Å². The van der Waals surface area contributed by atoms with E-state index in [0.29, 0.717) is 6.54 Å². The second-order valence-corrected chi connectivity index (χ2v) is 5.73. The second kappa shape index (κ2) is 6.92. The van der Waals surface area contributed by atoms with Crippen LogP contribution in [0.3, 0.4) is 0 Å². The van der Waals surface area contributed by atoms with Gasteiger partial charge in [0.2, 0.25) is 0 Å². The highest BCUT2D eigenvalue weighted by Gasteiger charge is 2.32. The van der Waals surface area contributed by atoms with Gasteiger partial charge in [0.15, 0.2) is 0 Å². The van der Waals surface area contributed by atoms with Crippen molar-refractivity contribution in [1.82, 2.24) is 5.32 Å². The summed E-state index contributed by atoms with van der Waals surface area (Å²) in [6.45, 7) is 1.23. The Hall–Kier alpha value is -1.88. The van der Waals surface area contributed by atoms with Gasteiger partial charge in [-0.25, -0.2) is 0 Å². The molecule has 1 aliphatic rings. The maximum Gasteiger partial charge on any atom is 0.0964 e. The molecule has 0 spiro atoms. The van der Waals surface area contributed by atoms with Gasteiger partial charge in [-0.05, 0) is 29.7 Å². The average molecular weight is 298 g/mol. The van der Waals surface area contributed by atoms with Crippen LogP contribution in [0.15, 0.2) is 54.6 Å². The molecule has 0 aliphatic carbocycles. The number of benzene rings is 2. The van der Waals surface area contributed by atoms with E-state index in [4.69, 9.17) is 0 Å². The summed E-state index contributed by atoms with van der Waals surface area (Å²) in [4.78, 5) is 0. The average Bonchev–Trinajstić information content (AvgIpc) is 2.88. The molecule has 0 bridgehead atoms. The molecule has 0 amide bonds. The standard InChI is InChI=1S/C18H22N2O2/c21-17-12-20-16(18(17)22)10-11-19-15-8-6-14(7-9-15)13-4-2-1-3-5-13/h1-9,16-22H,10-12H2/t16-,17?,18+/m0/s1. The predicted molar refractivity (Wildman–Crippen MR) is 88.8 cm³/mol. The fraction of sp³-hybridized carbons (Fsp3) is 0.333. The van der Waals surface area contributed by atoms with E-state index in [1.54, 1.807) is 0 Å². The van der Waals surface area contributed by atoms with E-state index in [0.717, 1.165) is 18.7 Å². The summed E-state index contributed by atoms with van der Waals surface area (Å²) in [5, 5.41) is 25.8. The predicted octanol–water partition coefficient (Wildman–Crippen LogP) is 1.85. The van der Waals surface area contributed by atoms with Gasteiger partial charge in [0.05, 0.1) is 12.2 Å². The van der Waals surface area contributed by atoms with Gasteiger partial charge in [0, 0.05) is 24.8 Å². The first-order valence-electron chi connectivity index (χ1n) is 7.73. The van der Waals surface area contributed by atoms with Gasteiger partial charge < -0.3 is 20.8 Å². The number of anilines is 1. The van der Waals surface area contributed by atoms with Crippen molar-refractivity contribution in [2.45, 2.75) is 24.7 Å². The normalized spacial score (nSPS) is 24.4. The summed E-state index contributed by atoms with van der Waals surface area (Å²) in [6, 6.07) is 18.6. The quantitative estimate of drug-likeness (QED) is 0.680. The third-order valence-corrected chi connectivity index (χ3v) is 4.17. The summed E-state index contributed by atoms with van der Waals surface area (Å²) >= 11 is 0. The minimum Gasteiger partial charge on any atom is -0.389 e. The second-order valence-electron chi connectivity index (χ2n) is 5.73. The third kappa shape index (κ3) is 3.47. The molecule has 4 heteroatoms. The Morgan fingerprint density at radius 3 is 2.27 bits per heavy atom. The Morgan fingerprint density at radius 1 is 0.955 bits per heavy atom. The molecule has 0 saturated carbocycles. The smallest absolute Gasteiger partial charge is 0.0964 e. The molecule has 1 unspecified atom stereocenters. The molecule has 3 rings (SSSR count). The lowest BCUT2D eigenvalue weighted by Gasteiger charge is -2.16. The topological polar surface area (TPSA) is 64.5 Å². The van der Waals surface area contributed by atoms with E-state index in [-0.39, 0.29) is 6.04 Å². The molecule has 3 atom stereocenters. The van der Waals surface area contributed by atoms with Crippen molar-refractivity contribution >= 4 is 5.69 Å². The Kier molecular flexibility index (Phi) is 4.73. The SMILES string of the molecule is OC1CN[C@@H](CCNc2ccc(-c3ccccc3)cc2)[C@H]1O. The van der Waals surface area contributed by atoms with E-state index in [1.807, 2.05) is 18.2 Å². The summed E-state index contributed by atoms with van der Waals surface area (Å²) in [7, 11) is 0. The summed E-state index contributed by atoms with van der Waals surface area (Å²) in [6.07, 6.45) is -0.531. The molecule has 0 radical (unpaired) electrons. The number of hydrogen-bond donors (Lipinski definition) is 4. The molecule has 1 fully saturated rings. The minimum atomic E-state index is -0.665. The van der Waals surface area contributed by atoms with Crippen LogP contribution in [0, 0.1) is 0 Å². The van der Waals surface area contributed by atoms with Crippen LogP contribution >= 0.6 is 0 Å². The Bertz CT molecular complexity index is 586. The lowest BCUT2D eigenvalue weighted by Crippen LogP contribution is -2.34. The highest BCUT2D eigenvalue weighted by atomic mass is 16.3. The van der Waals surface area contributed by atoms with E-state index < -0.39 is 12.2 Å². The minimum absolute atomic E-state index is 0.0360. The molecule has 4 nitrogen and oxygen atoms in total. The zero-order valence-electron chi connectivity index (χ0n) is 12.4. The van der Waals surface area contributed by atoms with Crippen molar-refractivity contribution < 1.29 is 10.2 Å². The monoisotopic (exact) mass is 298 g/mol. The van der Waals surface area contributed by atoms with Crippen molar-refractivity contribution in [1.29, 1.82) is 0 Å². The van der Waals surface area contributed by atoms with E-state index >= 15 is 0 Å². The van der Waals surface area contributed by atoms with Crippen molar-refractivity contribution in [2.24, 2.45) is 0 Å². The fourth-order valence-electron chi connectivity index (χ4n) is 2.84. The highest BCUT2D eigenvalue weighted by molar-refractivity contribution is 5.65. The first kappa shape index (κ1) is 15.0. The lowest BCUT2D eigenvalue weighted by molar-refractivity contribution is 0.0399. The van der Waals surface area contributed by atoms with Gasteiger partial charge in [0.25, 0.3) is 0 Å². The molecule has 0 aromatic heterocycles. The summed E-state index contributed by atoms with van der Waals surface area (Å²) in [5.41, 5.74) is 3.47. The van der Waals surface area contributed by atoms with Crippen LogP contribution in [0.4, 0.5) is 5.69 Å². The molecular weight excluding hydrogens is 276 g/mol. The first-order valence-corrected chi connectivity index (χ1v) is 7.73. The van der Waals surface area contributed by atoms with E-state index in [9.17, 15) is 10.2 Å². The number of aliphatic hydroxyl groups excluding tert-OH is 2. The Balaban J connectivity index is 1.51. The van der Waals surface area contributed by atoms with Gasteiger partial charge >= 0.3 is 0 Å². The number of β-amino-alcohol motifs (C(OH)–C–C–N with tert-alkyl or cyclic N) is 1. The number of aliphatic hydroxyl groups is 2. The summed E-state index contributed by atoms with van der Waals surface area (Å²) in [5.74, 6) is 0. The van der Waals surface area contributed by atoms with Crippen LogP contribution in [0.5, 0.6) is 0 Å². The molecule has 2 aromatic carbocycles. The van der Waals surface area contributed by atoms with Crippen molar-refractivity contribution in [2.75, 3.05) is 18.4 Å². The van der Waals surface area contributed by atoms with E-state index in [2.05, 4.69) is 47.0 Å². The molecule has 2 aromatic rings. The van der Waals surface area contributed by atoms with Crippen LogP contribution in [0.2, 0.25) is 0 Å². The zero-order valence-corrected chi connectivity index (χ0v) is 12.4. The molecule has 1 saturated heterocycles. The van der Waals surface area contributed by atoms with Crippen LogP contribution in [-0.4, -0.2) is 41.6 Å². The molecule has 22 heavy (non-hydrogen) atoms. The van der Waals surface area contributed by atoms with Crippen molar-refractivity contribution in [3.63, 3.8) is 0 Å². The lowest BCUT2D eigenvalue weighted by atomic mass is 10.1. The first-order chi connectivity index (χ1) is 10.7. The molecule has 1 heterocycles. The largest absolute Gasteiger partial charge is 0.389 e. The fourth-order valence-corrected chi connectivity index (χ4v) is 2.84. The number of hydrogen-bond acceptors (Lipinski definition) is 4. The van der Waals surface area contributed by atoms with Gasteiger partial charge in [-0.3, -0.25) is 0 Å². The van der Waals surface area contributed by atoms with Gasteiger partial charge in [-0.1, -0.05) is 42.5 Å². The number of nitrogens with one attached hydrogen (secondary N) is 2. The molecule has 4 N–H and O–H groups in total. The maximum absolute atomic E-state index is 9.78. The molecule has 116 valence electrons. The zero-order chi connectivity index (χ0) is 15.4. The van der Waals surface area contributed by atoms with Crippen LogP contribution in [-0.2, 0) is 0 Å². The Morgan fingerprint density at radius 2 is 1.64 bits per heavy atom. The Labute approximate surface area is 130 Å². The molecule has 1 aliphatic heterocycles. The van der Waals surface area contributed by atoms with Crippen molar-refractivity contribution in [3.8, 4) is 11.1 Å². The maximum atomic E-state index is 9.78.